The Bertz CT molecular complexity index is 308. The van der Waals surface area contributed by atoms with Gasteiger partial charge in [-0.25, -0.2) is 8.42 Å². The van der Waals surface area contributed by atoms with Gasteiger partial charge in [-0.1, -0.05) is 11.8 Å². The fraction of sp³-hybridized carbons (Fsp3) is 0.800. The van der Waals surface area contributed by atoms with Crippen molar-refractivity contribution in [3.63, 3.8) is 0 Å². The zero-order valence-corrected chi connectivity index (χ0v) is 7.36. The summed E-state index contributed by atoms with van der Waals surface area (Å²) in [5.74, 6) is 0.428. The molecule has 0 amide bonds. The number of nitrogens with zero attached hydrogens (tertiary/aromatic N) is 1. The Kier molecular flexibility index (Phi) is 1.44. The molecule has 2 rings (SSSR count). The molecule has 11 heavy (non-hydrogen) atoms. The fourth-order valence-electron chi connectivity index (χ4n) is 1.38. The number of amidine groups is 1. The van der Waals surface area contributed by atoms with Crippen LogP contribution in [0.25, 0.3) is 0 Å². The summed E-state index contributed by atoms with van der Waals surface area (Å²) in [4.78, 5) is 4.02. The van der Waals surface area contributed by atoms with Gasteiger partial charge in [-0.3, -0.25) is 4.99 Å². The molecule has 0 radical (unpaired) electrons. The van der Waals surface area contributed by atoms with Crippen LogP contribution in [0.5, 0.6) is 0 Å². The van der Waals surface area contributed by atoms with Gasteiger partial charge < -0.3 is 5.73 Å². The molecule has 1 fully saturated rings. The van der Waals surface area contributed by atoms with Crippen molar-refractivity contribution in [1.82, 2.24) is 0 Å². The van der Waals surface area contributed by atoms with Crippen LogP contribution in [0, 0.1) is 0 Å². The van der Waals surface area contributed by atoms with Gasteiger partial charge in [0.05, 0.1) is 17.5 Å². The Labute approximate surface area is 69.2 Å². The van der Waals surface area contributed by atoms with E-state index < -0.39 is 9.84 Å². The van der Waals surface area contributed by atoms with Gasteiger partial charge in [-0.05, 0) is 0 Å². The molecule has 0 unspecified atom stereocenters. The lowest BCUT2D eigenvalue weighted by molar-refractivity contribution is 0.601. The first-order chi connectivity index (χ1) is 5.07. The lowest BCUT2D eigenvalue weighted by Gasteiger charge is -1.99. The molecule has 0 aromatic carbocycles. The summed E-state index contributed by atoms with van der Waals surface area (Å²) in [5.41, 5.74) is 5.43. The summed E-state index contributed by atoms with van der Waals surface area (Å²) in [5, 5.41) is 0.634. The van der Waals surface area contributed by atoms with Crippen molar-refractivity contribution in [3.8, 4) is 0 Å². The van der Waals surface area contributed by atoms with Crippen LogP contribution < -0.4 is 5.73 Å². The fourth-order valence-corrected chi connectivity index (χ4v) is 4.90. The summed E-state index contributed by atoms with van der Waals surface area (Å²) in [6.07, 6.45) is 0. The Balaban J connectivity index is 2.26. The van der Waals surface area contributed by atoms with E-state index >= 15 is 0 Å². The second-order valence-corrected chi connectivity index (χ2v) is 6.18. The van der Waals surface area contributed by atoms with E-state index in [1.807, 2.05) is 0 Å². The topological polar surface area (TPSA) is 72.5 Å². The first-order valence-electron chi connectivity index (χ1n) is 3.27. The summed E-state index contributed by atoms with van der Waals surface area (Å²) in [6, 6.07) is -0.0648. The van der Waals surface area contributed by atoms with Gasteiger partial charge in [0.1, 0.15) is 0 Å². The minimum absolute atomic E-state index is 0.0648. The molecule has 2 atom stereocenters. The number of fused-ring (bicyclic) bond motifs is 1. The standard InChI is InChI=1S/C5H8N2O2S2/c6-5-7-3-1-11(8,9)2-4(3)10-5/h3-4H,1-2H2,(H2,6,7)/t3-,4-/m0/s1. The third-order valence-electron chi connectivity index (χ3n) is 1.84. The minimum atomic E-state index is -2.81. The molecule has 0 aliphatic carbocycles. The van der Waals surface area contributed by atoms with Crippen LogP contribution in [0.1, 0.15) is 0 Å². The molecule has 0 saturated carbocycles. The Morgan fingerprint density at radius 3 is 2.91 bits per heavy atom. The number of sulfone groups is 1. The van der Waals surface area contributed by atoms with Crippen molar-refractivity contribution >= 4 is 26.8 Å². The molecule has 2 N–H and O–H groups in total. The number of aliphatic imine (C=N–C) groups is 1. The van der Waals surface area contributed by atoms with Crippen molar-refractivity contribution in [2.75, 3.05) is 11.5 Å². The van der Waals surface area contributed by atoms with Crippen LogP contribution in [-0.4, -0.2) is 36.4 Å². The maximum absolute atomic E-state index is 11.0. The van der Waals surface area contributed by atoms with Gasteiger partial charge in [0, 0.05) is 5.25 Å². The average Bonchev–Trinajstić information content (AvgIpc) is 2.17. The van der Waals surface area contributed by atoms with Crippen molar-refractivity contribution < 1.29 is 8.42 Å². The Hall–Kier alpha value is -0.230. The first-order valence-corrected chi connectivity index (χ1v) is 5.97. The summed E-state index contributed by atoms with van der Waals surface area (Å²) < 4.78 is 22.1. The zero-order chi connectivity index (χ0) is 8.06. The maximum Gasteiger partial charge on any atom is 0.154 e. The monoisotopic (exact) mass is 192 g/mol. The van der Waals surface area contributed by atoms with E-state index in [4.69, 9.17) is 5.73 Å². The van der Waals surface area contributed by atoms with Gasteiger partial charge in [0.25, 0.3) is 0 Å². The van der Waals surface area contributed by atoms with Gasteiger partial charge >= 0.3 is 0 Å². The van der Waals surface area contributed by atoms with E-state index in [0.717, 1.165) is 0 Å². The number of thioether (sulfide) groups is 1. The maximum atomic E-state index is 11.0. The summed E-state index contributed by atoms with van der Waals surface area (Å²) in [6.45, 7) is 0. The van der Waals surface area contributed by atoms with Gasteiger partial charge in [0.2, 0.25) is 0 Å². The van der Waals surface area contributed by atoms with Crippen LogP contribution in [0.3, 0.4) is 0 Å². The molecule has 2 aliphatic rings. The highest BCUT2D eigenvalue weighted by molar-refractivity contribution is 8.15. The highest BCUT2D eigenvalue weighted by Gasteiger charge is 2.41. The van der Waals surface area contributed by atoms with E-state index in [2.05, 4.69) is 4.99 Å². The summed E-state index contributed by atoms with van der Waals surface area (Å²) >= 11 is 1.39. The van der Waals surface area contributed by atoms with Crippen molar-refractivity contribution in [3.05, 3.63) is 0 Å². The van der Waals surface area contributed by atoms with Crippen molar-refractivity contribution in [2.24, 2.45) is 10.7 Å². The third-order valence-corrected chi connectivity index (χ3v) is 4.90. The van der Waals surface area contributed by atoms with Crippen LogP contribution in [-0.2, 0) is 9.84 Å². The first kappa shape index (κ1) is 7.42. The molecule has 2 aliphatic heterocycles. The molecule has 1 saturated heterocycles. The van der Waals surface area contributed by atoms with E-state index in [-0.39, 0.29) is 22.8 Å². The van der Waals surface area contributed by atoms with Crippen molar-refractivity contribution in [2.45, 2.75) is 11.3 Å². The zero-order valence-electron chi connectivity index (χ0n) is 5.73. The molecule has 2 heterocycles. The molecular formula is C5H8N2O2S2. The quantitative estimate of drug-likeness (QED) is 0.546. The van der Waals surface area contributed by atoms with E-state index in [1.165, 1.54) is 11.8 Å². The highest BCUT2D eigenvalue weighted by Crippen LogP contribution is 2.32. The third kappa shape index (κ3) is 1.24. The number of hydrogen-bond acceptors (Lipinski definition) is 5. The van der Waals surface area contributed by atoms with Crippen LogP contribution >= 0.6 is 11.8 Å². The molecule has 62 valence electrons. The highest BCUT2D eigenvalue weighted by atomic mass is 32.2. The normalized spacial score (nSPS) is 40.2. The lowest BCUT2D eigenvalue weighted by Crippen LogP contribution is -2.13. The van der Waals surface area contributed by atoms with E-state index in [9.17, 15) is 8.42 Å². The predicted octanol–water partition coefficient (Wildman–Crippen LogP) is -0.786. The van der Waals surface area contributed by atoms with Gasteiger partial charge in [0.15, 0.2) is 15.0 Å². The molecule has 0 spiro atoms. The number of nitrogens with two attached hydrogens (primary N) is 1. The predicted molar refractivity (Wildman–Crippen MR) is 45.4 cm³/mol. The molecule has 4 nitrogen and oxygen atoms in total. The SMILES string of the molecule is NC1=N[C@H]2CS(=O)(=O)C[C@@H]2S1. The largest absolute Gasteiger partial charge is 0.379 e. The van der Waals surface area contributed by atoms with Crippen LogP contribution in [0.15, 0.2) is 4.99 Å². The molecule has 0 bridgehead atoms. The number of hydrogen-bond donors (Lipinski definition) is 1. The second-order valence-electron chi connectivity index (χ2n) is 2.77. The van der Waals surface area contributed by atoms with Crippen LogP contribution in [0.2, 0.25) is 0 Å². The average molecular weight is 192 g/mol. The van der Waals surface area contributed by atoms with Crippen molar-refractivity contribution in [1.29, 1.82) is 0 Å². The molecular weight excluding hydrogens is 184 g/mol. The second kappa shape index (κ2) is 2.13. The molecule has 0 aromatic heterocycles. The summed E-state index contributed by atoms with van der Waals surface area (Å²) in [7, 11) is -2.81. The van der Waals surface area contributed by atoms with Gasteiger partial charge in [-0.2, -0.15) is 0 Å². The van der Waals surface area contributed by atoms with Gasteiger partial charge in [-0.15, -0.1) is 0 Å². The molecule has 0 aromatic rings. The Morgan fingerprint density at radius 2 is 2.27 bits per heavy atom. The Morgan fingerprint density at radius 1 is 1.55 bits per heavy atom. The lowest BCUT2D eigenvalue weighted by atomic mass is 10.3. The van der Waals surface area contributed by atoms with Crippen LogP contribution in [0.4, 0.5) is 0 Å². The smallest absolute Gasteiger partial charge is 0.154 e. The molecule has 6 heteroatoms. The van der Waals surface area contributed by atoms with E-state index in [1.54, 1.807) is 0 Å². The minimum Gasteiger partial charge on any atom is -0.379 e. The number of rotatable bonds is 0. The van der Waals surface area contributed by atoms with E-state index in [0.29, 0.717) is 5.17 Å².